The Bertz CT molecular complexity index is 561. The van der Waals surface area contributed by atoms with Crippen LogP contribution in [0.15, 0.2) is 10.3 Å². The summed E-state index contributed by atoms with van der Waals surface area (Å²) in [4.78, 5) is 11.7. The molecule has 0 spiro atoms. The highest BCUT2D eigenvalue weighted by atomic mass is 35.5. The minimum atomic E-state index is -3.78. The van der Waals surface area contributed by atoms with E-state index in [-0.39, 0.29) is 10.1 Å². The molecular formula is C12H18ClNO4S2. The molecule has 0 saturated heterocycles. The summed E-state index contributed by atoms with van der Waals surface area (Å²) in [5.74, 6) is -0.447. The first-order valence-electron chi connectivity index (χ1n) is 6.03. The summed E-state index contributed by atoms with van der Waals surface area (Å²) >= 11 is 6.85. The van der Waals surface area contributed by atoms with Crippen LogP contribution in [0, 0.1) is 12.8 Å². The number of carbonyl (C=O) groups is 1. The molecule has 1 unspecified atom stereocenters. The van der Waals surface area contributed by atoms with E-state index < -0.39 is 22.0 Å². The van der Waals surface area contributed by atoms with Gasteiger partial charge in [-0.15, -0.1) is 11.3 Å². The first-order chi connectivity index (χ1) is 9.17. The zero-order valence-electron chi connectivity index (χ0n) is 11.8. The van der Waals surface area contributed by atoms with Crippen molar-refractivity contribution in [3.05, 3.63) is 16.0 Å². The molecule has 20 heavy (non-hydrogen) atoms. The van der Waals surface area contributed by atoms with Crippen LogP contribution in [0.4, 0.5) is 0 Å². The average Bonchev–Trinajstić information content (AvgIpc) is 2.68. The van der Waals surface area contributed by atoms with Crippen molar-refractivity contribution in [2.75, 3.05) is 7.11 Å². The molecule has 1 rings (SSSR count). The number of hydrogen-bond acceptors (Lipinski definition) is 5. The lowest BCUT2D eigenvalue weighted by molar-refractivity contribution is -0.143. The molecule has 0 aromatic carbocycles. The minimum Gasteiger partial charge on any atom is -0.468 e. The van der Waals surface area contributed by atoms with Crippen LogP contribution in [0.25, 0.3) is 0 Å². The summed E-state index contributed by atoms with van der Waals surface area (Å²) in [5.41, 5.74) is 0.690. The number of hydrogen-bond donors (Lipinski definition) is 1. The van der Waals surface area contributed by atoms with E-state index in [0.29, 0.717) is 16.3 Å². The summed E-state index contributed by atoms with van der Waals surface area (Å²) < 4.78 is 32.0. The molecule has 8 heteroatoms. The highest BCUT2D eigenvalue weighted by Gasteiger charge is 2.28. The predicted octanol–water partition coefficient (Wildman–Crippen LogP) is 2.58. The minimum absolute atomic E-state index is 0.0951. The Labute approximate surface area is 128 Å². The second kappa shape index (κ2) is 6.89. The number of halogens is 1. The van der Waals surface area contributed by atoms with Crippen molar-refractivity contribution in [2.45, 2.75) is 37.4 Å². The van der Waals surface area contributed by atoms with E-state index in [1.165, 1.54) is 13.2 Å². The molecule has 0 radical (unpaired) electrons. The number of methoxy groups -OCH3 is 1. The molecule has 0 aliphatic rings. The van der Waals surface area contributed by atoms with E-state index in [9.17, 15) is 13.2 Å². The van der Waals surface area contributed by atoms with Crippen LogP contribution < -0.4 is 4.72 Å². The van der Waals surface area contributed by atoms with E-state index in [0.717, 1.165) is 11.3 Å². The van der Waals surface area contributed by atoms with Crippen LogP contribution in [-0.2, 0) is 19.6 Å². The Morgan fingerprint density at radius 3 is 2.50 bits per heavy atom. The van der Waals surface area contributed by atoms with Crippen LogP contribution in [0.1, 0.15) is 25.8 Å². The zero-order valence-corrected chi connectivity index (χ0v) is 14.2. The first kappa shape index (κ1) is 17.4. The summed E-state index contributed by atoms with van der Waals surface area (Å²) in [6.07, 6.45) is 0.365. The van der Waals surface area contributed by atoms with Crippen molar-refractivity contribution < 1.29 is 17.9 Å². The second-order valence-corrected chi connectivity index (χ2v) is 8.44. The van der Waals surface area contributed by atoms with Crippen molar-refractivity contribution in [3.8, 4) is 0 Å². The van der Waals surface area contributed by atoms with E-state index in [4.69, 9.17) is 11.6 Å². The standard InChI is InChI=1S/C12H18ClNO4S2/c1-7(2)5-9(12(15)18-4)14-20(16,17)10-6-8(3)11(13)19-10/h6-7,9,14H,5H2,1-4H3. The van der Waals surface area contributed by atoms with Crippen molar-refractivity contribution in [1.29, 1.82) is 0 Å². The van der Waals surface area contributed by atoms with Gasteiger partial charge in [0.2, 0.25) is 0 Å². The first-order valence-corrected chi connectivity index (χ1v) is 8.71. The van der Waals surface area contributed by atoms with Crippen LogP contribution >= 0.6 is 22.9 Å². The van der Waals surface area contributed by atoms with Crippen LogP contribution in [0.2, 0.25) is 4.34 Å². The number of ether oxygens (including phenoxy) is 1. The fraction of sp³-hybridized carbons (Fsp3) is 0.583. The molecule has 1 N–H and O–H groups in total. The summed E-state index contributed by atoms with van der Waals surface area (Å²) in [7, 11) is -2.55. The maximum absolute atomic E-state index is 12.2. The SMILES string of the molecule is COC(=O)C(CC(C)C)NS(=O)(=O)c1cc(C)c(Cl)s1. The summed E-state index contributed by atoms with van der Waals surface area (Å²) in [5, 5.41) is 0. The normalized spacial score (nSPS) is 13.5. The van der Waals surface area contributed by atoms with Gasteiger partial charge in [-0.3, -0.25) is 4.79 Å². The fourth-order valence-electron chi connectivity index (χ4n) is 1.62. The quantitative estimate of drug-likeness (QED) is 0.808. The van der Waals surface area contributed by atoms with Crippen molar-refractivity contribution >= 4 is 38.9 Å². The highest BCUT2D eigenvalue weighted by molar-refractivity contribution is 7.91. The van der Waals surface area contributed by atoms with E-state index in [1.54, 1.807) is 6.92 Å². The van der Waals surface area contributed by atoms with Gasteiger partial charge in [-0.25, -0.2) is 8.42 Å². The van der Waals surface area contributed by atoms with Gasteiger partial charge in [-0.05, 0) is 30.9 Å². The topological polar surface area (TPSA) is 72.5 Å². The number of nitrogens with one attached hydrogen (secondary N) is 1. The third-order valence-corrected chi connectivity index (χ3v) is 6.09. The van der Waals surface area contributed by atoms with Gasteiger partial charge in [0.05, 0.1) is 11.4 Å². The number of aryl methyl sites for hydroxylation is 1. The zero-order chi connectivity index (χ0) is 15.5. The van der Waals surface area contributed by atoms with Crippen LogP contribution in [0.3, 0.4) is 0 Å². The lowest BCUT2D eigenvalue weighted by Crippen LogP contribution is -2.42. The number of rotatable bonds is 6. The number of esters is 1. The number of thiophene rings is 1. The Kier molecular flexibility index (Phi) is 6.00. The molecule has 0 bridgehead atoms. The Balaban J connectivity index is 2.99. The van der Waals surface area contributed by atoms with Gasteiger partial charge in [-0.2, -0.15) is 4.72 Å². The lowest BCUT2D eigenvalue weighted by atomic mass is 10.1. The lowest BCUT2D eigenvalue weighted by Gasteiger charge is -2.17. The summed E-state index contributed by atoms with van der Waals surface area (Å²) in [6, 6.07) is 0.588. The van der Waals surface area contributed by atoms with Gasteiger partial charge in [0, 0.05) is 0 Å². The van der Waals surface area contributed by atoms with Crippen LogP contribution in [-0.4, -0.2) is 27.5 Å². The van der Waals surface area contributed by atoms with Crippen LogP contribution in [0.5, 0.6) is 0 Å². The second-order valence-electron chi connectivity index (χ2n) is 4.85. The Morgan fingerprint density at radius 2 is 2.10 bits per heavy atom. The van der Waals surface area contributed by atoms with Gasteiger partial charge in [0.15, 0.2) is 0 Å². The molecule has 5 nitrogen and oxygen atoms in total. The molecule has 0 aliphatic carbocycles. The molecule has 0 aliphatic heterocycles. The van der Waals surface area contributed by atoms with E-state index in [2.05, 4.69) is 9.46 Å². The van der Waals surface area contributed by atoms with Gasteiger partial charge in [0.25, 0.3) is 10.0 Å². The third kappa shape index (κ3) is 4.44. The van der Waals surface area contributed by atoms with Crippen molar-refractivity contribution in [1.82, 2.24) is 4.72 Å². The monoisotopic (exact) mass is 339 g/mol. The Hall–Kier alpha value is -0.630. The van der Waals surface area contributed by atoms with Gasteiger partial charge in [-0.1, -0.05) is 25.4 Å². The number of sulfonamides is 1. The Morgan fingerprint density at radius 1 is 1.50 bits per heavy atom. The maximum atomic E-state index is 12.2. The van der Waals surface area contributed by atoms with Gasteiger partial charge in [0.1, 0.15) is 10.3 Å². The van der Waals surface area contributed by atoms with Gasteiger partial charge >= 0.3 is 5.97 Å². The fourth-order valence-corrected chi connectivity index (χ4v) is 4.54. The van der Waals surface area contributed by atoms with Gasteiger partial charge < -0.3 is 4.74 Å². The smallest absolute Gasteiger partial charge is 0.323 e. The predicted molar refractivity (Wildman–Crippen MR) is 79.6 cm³/mol. The molecular weight excluding hydrogens is 322 g/mol. The molecule has 1 aromatic heterocycles. The molecule has 1 aromatic rings. The molecule has 0 fully saturated rings. The summed E-state index contributed by atoms with van der Waals surface area (Å²) in [6.45, 7) is 5.52. The third-order valence-electron chi connectivity index (χ3n) is 2.59. The maximum Gasteiger partial charge on any atom is 0.323 e. The molecule has 0 amide bonds. The highest BCUT2D eigenvalue weighted by Crippen LogP contribution is 2.30. The molecule has 1 heterocycles. The van der Waals surface area contributed by atoms with E-state index >= 15 is 0 Å². The molecule has 0 saturated carbocycles. The average molecular weight is 340 g/mol. The van der Waals surface area contributed by atoms with Crippen molar-refractivity contribution in [3.63, 3.8) is 0 Å². The van der Waals surface area contributed by atoms with E-state index in [1.807, 2.05) is 13.8 Å². The molecule has 114 valence electrons. The van der Waals surface area contributed by atoms with Crippen molar-refractivity contribution in [2.24, 2.45) is 5.92 Å². The molecule has 1 atom stereocenters. The number of carbonyl (C=O) groups excluding carboxylic acids is 1. The largest absolute Gasteiger partial charge is 0.468 e.